The second-order valence-corrected chi connectivity index (χ2v) is 6.10. The highest BCUT2D eigenvalue weighted by atomic mass is 35.5. The van der Waals surface area contributed by atoms with Crippen LogP contribution in [0, 0.1) is 0 Å². The first-order chi connectivity index (χ1) is 13.3. The number of furan rings is 1. The zero-order valence-electron chi connectivity index (χ0n) is 14.8. The van der Waals surface area contributed by atoms with E-state index in [1.807, 2.05) is 0 Å². The smallest absolute Gasteiger partial charge is 0.373 e. The van der Waals surface area contributed by atoms with Crippen molar-refractivity contribution in [2.24, 2.45) is 0 Å². The molecule has 1 aromatic carbocycles. The van der Waals surface area contributed by atoms with Crippen LogP contribution < -0.4 is 10.1 Å². The van der Waals surface area contributed by atoms with Gasteiger partial charge in [0.25, 0.3) is 5.91 Å². The first-order valence-corrected chi connectivity index (χ1v) is 8.30. The number of urea groups is 1. The SMILES string of the molecule is COC(=O)c1ccc(CN2C(=O)N/C(=C\c3cc(Cl)c(O)c(OC)c3)C2=O)o1. The van der Waals surface area contributed by atoms with Crippen LogP contribution >= 0.6 is 11.6 Å². The third-order valence-electron chi connectivity index (χ3n) is 3.91. The van der Waals surface area contributed by atoms with Gasteiger partial charge in [-0.05, 0) is 35.9 Å². The minimum absolute atomic E-state index is 0.00792. The first-order valence-electron chi connectivity index (χ1n) is 7.92. The minimum Gasteiger partial charge on any atom is -0.503 e. The molecule has 28 heavy (non-hydrogen) atoms. The standard InChI is InChI=1S/C18H15ClN2O7/c1-26-14-7-9(5-11(19)15(14)22)6-12-16(23)21(18(25)20-12)8-10-3-4-13(28-10)17(24)27-2/h3-7,22H,8H2,1-2H3,(H,20,25)/b12-6-. The summed E-state index contributed by atoms with van der Waals surface area (Å²) in [7, 11) is 2.57. The van der Waals surface area contributed by atoms with Gasteiger partial charge in [-0.1, -0.05) is 11.6 Å². The molecule has 1 saturated heterocycles. The summed E-state index contributed by atoms with van der Waals surface area (Å²) in [5, 5.41) is 12.3. The van der Waals surface area contributed by atoms with E-state index in [4.69, 9.17) is 20.8 Å². The molecule has 9 nitrogen and oxygen atoms in total. The molecule has 3 amide bonds. The van der Waals surface area contributed by atoms with Crippen LogP contribution in [0.3, 0.4) is 0 Å². The topological polar surface area (TPSA) is 118 Å². The van der Waals surface area contributed by atoms with Crippen LogP contribution in [0.1, 0.15) is 21.9 Å². The van der Waals surface area contributed by atoms with Gasteiger partial charge >= 0.3 is 12.0 Å². The number of ether oxygens (including phenoxy) is 2. The summed E-state index contributed by atoms with van der Waals surface area (Å²) >= 11 is 5.93. The number of nitrogens with zero attached hydrogens (tertiary/aromatic N) is 1. The summed E-state index contributed by atoms with van der Waals surface area (Å²) in [4.78, 5) is 37.1. The molecule has 2 aromatic rings. The lowest BCUT2D eigenvalue weighted by atomic mass is 10.1. The van der Waals surface area contributed by atoms with Gasteiger partial charge in [0.15, 0.2) is 11.5 Å². The second-order valence-electron chi connectivity index (χ2n) is 5.69. The molecule has 0 radical (unpaired) electrons. The lowest BCUT2D eigenvalue weighted by Crippen LogP contribution is -2.30. The van der Waals surface area contributed by atoms with E-state index in [1.165, 1.54) is 44.6 Å². The number of esters is 1. The number of benzene rings is 1. The number of hydrogen-bond acceptors (Lipinski definition) is 7. The molecule has 0 spiro atoms. The fourth-order valence-electron chi connectivity index (χ4n) is 2.54. The van der Waals surface area contributed by atoms with Gasteiger partial charge in [-0.2, -0.15) is 0 Å². The van der Waals surface area contributed by atoms with E-state index in [9.17, 15) is 19.5 Å². The van der Waals surface area contributed by atoms with Gasteiger partial charge in [-0.15, -0.1) is 0 Å². The third kappa shape index (κ3) is 3.65. The number of hydrogen-bond donors (Lipinski definition) is 2. The third-order valence-corrected chi connectivity index (χ3v) is 4.19. The minimum atomic E-state index is -0.665. The van der Waals surface area contributed by atoms with Gasteiger partial charge in [0.05, 0.1) is 25.8 Å². The van der Waals surface area contributed by atoms with E-state index >= 15 is 0 Å². The number of carbonyl (C=O) groups excluding carboxylic acids is 3. The van der Waals surface area contributed by atoms with Crippen molar-refractivity contribution in [3.8, 4) is 11.5 Å². The average molecular weight is 407 g/mol. The molecule has 0 atom stereocenters. The van der Waals surface area contributed by atoms with Crippen molar-refractivity contribution < 1.29 is 33.4 Å². The Labute approximate surface area is 164 Å². The summed E-state index contributed by atoms with van der Waals surface area (Å²) in [5.41, 5.74) is 0.449. The molecular weight excluding hydrogens is 392 g/mol. The molecule has 1 aromatic heterocycles. The van der Waals surface area contributed by atoms with E-state index in [1.54, 1.807) is 0 Å². The van der Waals surface area contributed by atoms with Crippen molar-refractivity contribution in [1.82, 2.24) is 10.2 Å². The van der Waals surface area contributed by atoms with E-state index < -0.39 is 17.9 Å². The molecule has 3 rings (SSSR count). The van der Waals surface area contributed by atoms with Crippen molar-refractivity contribution in [2.45, 2.75) is 6.54 Å². The highest BCUT2D eigenvalue weighted by Crippen LogP contribution is 2.35. The van der Waals surface area contributed by atoms with Crippen molar-refractivity contribution >= 4 is 35.6 Å². The zero-order valence-corrected chi connectivity index (χ0v) is 15.6. The van der Waals surface area contributed by atoms with Crippen LogP contribution in [-0.4, -0.2) is 42.1 Å². The van der Waals surface area contributed by atoms with Gasteiger partial charge in [0.1, 0.15) is 11.5 Å². The van der Waals surface area contributed by atoms with Crippen molar-refractivity contribution in [1.29, 1.82) is 0 Å². The number of imide groups is 1. The summed E-state index contributed by atoms with van der Waals surface area (Å²) in [6.07, 6.45) is 1.40. The normalized spacial score (nSPS) is 15.1. The molecule has 0 unspecified atom stereocenters. The van der Waals surface area contributed by atoms with Crippen molar-refractivity contribution in [3.63, 3.8) is 0 Å². The Hall–Kier alpha value is -3.46. The number of phenols is 1. The van der Waals surface area contributed by atoms with Crippen LogP contribution in [0.2, 0.25) is 5.02 Å². The summed E-state index contributed by atoms with van der Waals surface area (Å²) in [6, 6.07) is 5.10. The first kappa shape index (κ1) is 19.3. The van der Waals surface area contributed by atoms with E-state index in [0.29, 0.717) is 5.56 Å². The molecule has 2 heterocycles. The number of carbonyl (C=O) groups is 3. The molecule has 1 fully saturated rings. The number of halogens is 1. The van der Waals surface area contributed by atoms with Gasteiger partial charge < -0.3 is 24.3 Å². The predicted molar refractivity (Wildman–Crippen MR) is 96.8 cm³/mol. The molecule has 1 aliphatic heterocycles. The average Bonchev–Trinajstić information content (AvgIpc) is 3.24. The van der Waals surface area contributed by atoms with E-state index in [-0.39, 0.29) is 40.3 Å². The molecule has 10 heteroatoms. The van der Waals surface area contributed by atoms with Crippen LogP contribution in [0.5, 0.6) is 11.5 Å². The Morgan fingerprint density at radius 2 is 2.07 bits per heavy atom. The quantitative estimate of drug-likeness (QED) is 0.445. The van der Waals surface area contributed by atoms with Crippen LogP contribution in [0.4, 0.5) is 4.79 Å². The van der Waals surface area contributed by atoms with Gasteiger partial charge in [-0.25, -0.2) is 9.59 Å². The molecule has 1 aliphatic rings. The fourth-order valence-corrected chi connectivity index (χ4v) is 2.76. The van der Waals surface area contributed by atoms with E-state index in [2.05, 4.69) is 10.1 Å². The number of aromatic hydroxyl groups is 1. The monoisotopic (exact) mass is 406 g/mol. The maximum absolute atomic E-state index is 12.6. The summed E-state index contributed by atoms with van der Waals surface area (Å²) < 4.78 is 14.8. The Kier molecular flexibility index (Phi) is 5.27. The molecule has 2 N–H and O–H groups in total. The van der Waals surface area contributed by atoms with Gasteiger partial charge in [0.2, 0.25) is 5.76 Å². The molecule has 0 bridgehead atoms. The number of phenolic OH excluding ortho intramolecular Hbond substituents is 1. The molecule has 146 valence electrons. The number of nitrogens with one attached hydrogen (secondary N) is 1. The highest BCUT2D eigenvalue weighted by molar-refractivity contribution is 6.32. The van der Waals surface area contributed by atoms with Crippen LogP contribution in [0.25, 0.3) is 6.08 Å². The number of amides is 3. The molecule has 0 saturated carbocycles. The lowest BCUT2D eigenvalue weighted by Gasteiger charge is -2.09. The summed E-state index contributed by atoms with van der Waals surface area (Å²) in [5.74, 6) is -1.16. The lowest BCUT2D eigenvalue weighted by molar-refractivity contribution is -0.123. The van der Waals surface area contributed by atoms with Crippen LogP contribution in [-0.2, 0) is 16.1 Å². The maximum Gasteiger partial charge on any atom is 0.373 e. The Morgan fingerprint density at radius 1 is 1.32 bits per heavy atom. The fraction of sp³-hybridized carbons (Fsp3) is 0.167. The van der Waals surface area contributed by atoms with Crippen molar-refractivity contribution in [3.05, 3.63) is 52.1 Å². The van der Waals surface area contributed by atoms with Crippen molar-refractivity contribution in [2.75, 3.05) is 14.2 Å². The Balaban J connectivity index is 1.82. The number of rotatable bonds is 5. The maximum atomic E-state index is 12.6. The Morgan fingerprint density at radius 3 is 2.75 bits per heavy atom. The summed E-state index contributed by atoms with van der Waals surface area (Å²) in [6.45, 7) is -0.168. The Bertz CT molecular complexity index is 996. The van der Waals surface area contributed by atoms with Gasteiger partial charge in [0, 0.05) is 0 Å². The van der Waals surface area contributed by atoms with E-state index in [0.717, 1.165) is 4.90 Å². The second kappa shape index (κ2) is 7.65. The highest BCUT2D eigenvalue weighted by Gasteiger charge is 2.34. The van der Waals surface area contributed by atoms with Crippen LogP contribution in [0.15, 0.2) is 34.4 Å². The largest absolute Gasteiger partial charge is 0.503 e. The molecule has 0 aliphatic carbocycles. The molecular formula is C18H15ClN2O7. The predicted octanol–water partition coefficient (Wildman–Crippen LogP) is 2.53. The number of methoxy groups -OCH3 is 2. The van der Waals surface area contributed by atoms with Gasteiger partial charge in [-0.3, -0.25) is 9.69 Å². The zero-order chi connectivity index (χ0) is 20.4.